The van der Waals surface area contributed by atoms with E-state index in [4.69, 9.17) is 4.74 Å². The number of aliphatic hydroxyl groups excluding tert-OH is 2. The number of unbranched alkanes of at least 4 members (excludes halogenated alkanes) is 5. The molecule has 2 heterocycles. The number of aliphatic hydroxyl groups is 2. The van der Waals surface area contributed by atoms with Gasteiger partial charge < -0.3 is 43.6 Å². The summed E-state index contributed by atoms with van der Waals surface area (Å²) in [6.07, 6.45) is -3.10. The maximum atomic E-state index is 11.9. The highest BCUT2D eigenvalue weighted by Crippen LogP contribution is 2.66. The molecule has 1 aliphatic heterocycles. The molecule has 1 aromatic heterocycles. The molecule has 5 unspecified atom stereocenters. The van der Waals surface area contributed by atoms with Gasteiger partial charge in [-0.15, -0.1) is 0 Å². The number of phosphoric ester groups is 1. The summed E-state index contributed by atoms with van der Waals surface area (Å²) in [5.74, 6) is 0. The zero-order chi connectivity index (χ0) is 30.4. The van der Waals surface area contributed by atoms with Crippen LogP contribution in [0.15, 0.2) is 21.9 Å². The van der Waals surface area contributed by atoms with E-state index in [0.29, 0.717) is 17.4 Å². The first-order chi connectivity index (χ1) is 18.4. The van der Waals surface area contributed by atoms with Crippen LogP contribution in [0.2, 0.25) is 0 Å². The lowest BCUT2D eigenvalue weighted by Crippen LogP contribution is -2.37. The molecule has 23 heteroatoms. The molecule has 1 fully saturated rings. The third kappa shape index (κ3) is 11.4. The molecule has 0 aromatic carbocycles. The highest BCUT2D eigenvalue weighted by Gasteiger charge is 2.44. The Bertz CT molecular complexity index is 1300. The summed E-state index contributed by atoms with van der Waals surface area (Å²) in [5.41, 5.74) is -1.83. The Labute approximate surface area is 227 Å². The second-order valence-electron chi connectivity index (χ2n) is 8.55. The SMILES string of the molecule is CCCCCCCCP(=O)([O-])OP(=O)([O-])OP(=O)([O-])OP(=O)([O-])OC[C@H]1O[C@@H](n2ccc(=O)[nH]c2=O)C(O)[C@H]1O. The van der Waals surface area contributed by atoms with Crippen molar-refractivity contribution in [3.8, 4) is 0 Å². The summed E-state index contributed by atoms with van der Waals surface area (Å²) in [5, 5.41) is 20.2. The first-order valence-corrected chi connectivity index (χ1v) is 17.8. The molecule has 232 valence electrons. The van der Waals surface area contributed by atoms with Gasteiger partial charge in [-0.25, -0.2) is 13.4 Å². The Hall–Kier alpha value is -0.840. The molecular weight excluding hydrogens is 628 g/mol. The van der Waals surface area contributed by atoms with Gasteiger partial charge in [0.25, 0.3) is 29.0 Å². The van der Waals surface area contributed by atoms with Gasteiger partial charge in [0.15, 0.2) is 6.23 Å². The molecule has 2 rings (SSSR count). The Morgan fingerprint density at radius 3 is 2.10 bits per heavy atom. The van der Waals surface area contributed by atoms with Crippen molar-refractivity contribution in [1.82, 2.24) is 9.55 Å². The van der Waals surface area contributed by atoms with Crippen molar-refractivity contribution < 1.29 is 70.2 Å². The number of hydrogen-bond acceptors (Lipinski definition) is 17. The van der Waals surface area contributed by atoms with Gasteiger partial charge in [-0.05, 0) is 6.42 Å². The molecule has 0 saturated carbocycles. The monoisotopic (exact) mass is 656 g/mol. The first kappa shape index (κ1) is 35.4. The van der Waals surface area contributed by atoms with E-state index in [-0.39, 0.29) is 6.42 Å². The molecule has 1 saturated heterocycles. The van der Waals surface area contributed by atoms with Crippen LogP contribution < -0.4 is 30.8 Å². The second-order valence-corrected chi connectivity index (χ2v) is 15.1. The summed E-state index contributed by atoms with van der Waals surface area (Å²) >= 11 is 0. The van der Waals surface area contributed by atoms with Crippen LogP contribution in [-0.2, 0) is 40.5 Å². The average Bonchev–Trinajstić information content (AvgIpc) is 3.06. The van der Waals surface area contributed by atoms with E-state index < -0.39 is 79.6 Å². The van der Waals surface area contributed by atoms with Crippen LogP contribution in [0.25, 0.3) is 0 Å². The van der Waals surface area contributed by atoms with Crippen molar-refractivity contribution >= 4 is 31.1 Å². The van der Waals surface area contributed by atoms with Gasteiger partial charge in [-0.2, -0.15) is 0 Å². The largest absolute Gasteiger partial charge is 0.778 e. The van der Waals surface area contributed by atoms with Crippen LogP contribution in [0.5, 0.6) is 0 Å². The van der Waals surface area contributed by atoms with Gasteiger partial charge in [-0.1, -0.05) is 39.0 Å². The van der Waals surface area contributed by atoms with Crippen molar-refractivity contribution in [1.29, 1.82) is 0 Å². The number of ether oxygens (including phenoxy) is 1. The molecule has 1 aliphatic rings. The molecule has 0 spiro atoms. The van der Waals surface area contributed by atoms with Crippen LogP contribution >= 0.6 is 31.1 Å². The fourth-order valence-corrected chi connectivity index (χ4v) is 8.88. The number of H-pyrrole nitrogens is 1. The van der Waals surface area contributed by atoms with Crippen LogP contribution in [-0.4, -0.2) is 50.8 Å². The number of nitrogens with zero attached hydrogens (tertiary/aromatic N) is 1. The summed E-state index contributed by atoms with van der Waals surface area (Å²) < 4.78 is 68.4. The molecule has 0 bridgehead atoms. The Morgan fingerprint density at radius 2 is 1.48 bits per heavy atom. The molecule has 19 nitrogen and oxygen atoms in total. The Balaban J connectivity index is 1.92. The lowest BCUT2D eigenvalue weighted by Gasteiger charge is -2.36. The van der Waals surface area contributed by atoms with E-state index in [1.54, 1.807) is 0 Å². The van der Waals surface area contributed by atoms with Crippen LogP contribution in [0.1, 0.15) is 51.7 Å². The highest BCUT2D eigenvalue weighted by molar-refractivity contribution is 7.69. The number of phosphoric acid groups is 3. The fraction of sp³-hybridized carbons (Fsp3) is 0.765. The normalized spacial score (nSPS) is 27.4. The first-order valence-electron chi connectivity index (χ1n) is 11.7. The molecule has 0 aliphatic carbocycles. The average molecular weight is 656 g/mol. The predicted octanol–water partition coefficient (Wildman–Crippen LogP) is -1.46. The smallest absolute Gasteiger partial charge is 0.330 e. The van der Waals surface area contributed by atoms with Crippen molar-refractivity contribution in [2.75, 3.05) is 12.8 Å². The van der Waals surface area contributed by atoms with E-state index in [1.807, 2.05) is 11.9 Å². The van der Waals surface area contributed by atoms with Gasteiger partial charge >= 0.3 is 5.69 Å². The third-order valence-electron chi connectivity index (χ3n) is 5.27. The predicted molar refractivity (Wildman–Crippen MR) is 125 cm³/mol. The van der Waals surface area contributed by atoms with Gasteiger partial charge in [0, 0.05) is 18.4 Å². The summed E-state index contributed by atoms with van der Waals surface area (Å²) in [6.45, 7) is 0.756. The van der Waals surface area contributed by atoms with E-state index in [1.165, 1.54) is 0 Å². The minimum absolute atomic E-state index is 0.0150. The lowest BCUT2D eigenvalue weighted by atomic mass is 10.1. The number of rotatable bonds is 17. The molecule has 0 radical (unpaired) electrons. The molecular formula is C17H28N2O17P4-4. The van der Waals surface area contributed by atoms with E-state index >= 15 is 0 Å². The zero-order valence-corrected chi connectivity index (χ0v) is 24.5. The van der Waals surface area contributed by atoms with Crippen molar-refractivity contribution in [2.24, 2.45) is 0 Å². The molecule has 0 amide bonds. The number of nitrogens with one attached hydrogen (secondary N) is 1. The van der Waals surface area contributed by atoms with Crippen LogP contribution in [0, 0.1) is 0 Å². The number of aromatic nitrogens is 2. The molecule has 40 heavy (non-hydrogen) atoms. The summed E-state index contributed by atoms with van der Waals surface area (Å²) in [7, 11) is -23.7. The van der Waals surface area contributed by atoms with Crippen molar-refractivity contribution in [2.45, 2.75) is 70.0 Å². The fourth-order valence-electron chi connectivity index (χ4n) is 3.47. The standard InChI is InChI=1S/C17H32N2O17P4/c1-2-3-4-5-6-7-10-37(24,25)34-39(28,29)36-40(30,31)35-38(26,27)32-11-12-14(21)15(22)16(33-12)19-9-8-13(20)18-17(19)23/h8-9,12,14-16,21-22H,2-7,10-11H2,1H3,(H,24,25)(H,26,27)(H,28,29)(H,30,31)(H,18,20,23)/p-4/t12-,14+,15?,16-/m1/s1. The van der Waals surface area contributed by atoms with Gasteiger partial charge in [-0.3, -0.25) is 32.4 Å². The van der Waals surface area contributed by atoms with Gasteiger partial charge in [0.1, 0.15) is 25.9 Å². The Kier molecular flexibility index (Phi) is 12.9. The van der Waals surface area contributed by atoms with Crippen molar-refractivity contribution in [3.63, 3.8) is 0 Å². The molecule has 8 atom stereocenters. The van der Waals surface area contributed by atoms with Gasteiger partial charge in [0.2, 0.25) is 0 Å². The van der Waals surface area contributed by atoms with Crippen LogP contribution in [0.4, 0.5) is 0 Å². The number of hydrogen-bond donors (Lipinski definition) is 3. The van der Waals surface area contributed by atoms with Crippen LogP contribution in [0.3, 0.4) is 0 Å². The van der Waals surface area contributed by atoms with Gasteiger partial charge in [0.05, 0.1) is 6.61 Å². The highest BCUT2D eigenvalue weighted by atomic mass is 31.3. The minimum Gasteiger partial charge on any atom is -0.778 e. The minimum atomic E-state index is -6.37. The lowest BCUT2D eigenvalue weighted by molar-refractivity contribution is -0.251. The quantitative estimate of drug-likeness (QED) is 0.127. The maximum Gasteiger partial charge on any atom is 0.330 e. The van der Waals surface area contributed by atoms with Crippen molar-refractivity contribution in [3.05, 3.63) is 33.1 Å². The third-order valence-corrected chi connectivity index (χ3v) is 11.6. The molecule has 1 aromatic rings. The van der Waals surface area contributed by atoms with E-state index in [0.717, 1.165) is 31.5 Å². The maximum absolute atomic E-state index is 11.9. The Morgan fingerprint density at radius 1 is 0.900 bits per heavy atom. The number of aromatic amines is 1. The van der Waals surface area contributed by atoms with E-state index in [2.05, 4.69) is 17.5 Å². The second kappa shape index (κ2) is 14.6. The van der Waals surface area contributed by atoms with E-state index in [9.17, 15) is 57.6 Å². The topological polar surface area (TPSA) is 302 Å². The summed E-state index contributed by atoms with van der Waals surface area (Å²) in [4.78, 5) is 72.3. The zero-order valence-electron chi connectivity index (χ0n) is 20.9. The molecule has 3 N–H and O–H groups in total. The summed E-state index contributed by atoms with van der Waals surface area (Å²) in [6, 6.07) is 0.887.